The number of phenols is 1. The third-order valence-corrected chi connectivity index (χ3v) is 3.31. The van der Waals surface area contributed by atoms with Gasteiger partial charge in [0.25, 0.3) is 0 Å². The Labute approximate surface area is 105 Å². The second-order valence-corrected chi connectivity index (χ2v) is 4.20. The largest absolute Gasteiger partial charge is 0.504 e. The molecule has 0 spiro atoms. The van der Waals surface area contributed by atoms with Crippen molar-refractivity contribution in [3.05, 3.63) is 21.7 Å². The van der Waals surface area contributed by atoms with Gasteiger partial charge in [-0.05, 0) is 25.8 Å². The van der Waals surface area contributed by atoms with E-state index in [1.54, 1.807) is 13.8 Å². The molecule has 5 heteroatoms. The summed E-state index contributed by atoms with van der Waals surface area (Å²) in [6.07, 6.45) is 0.167. The first-order valence-electron chi connectivity index (χ1n) is 5.16. The number of hydrogen-bond acceptors (Lipinski definition) is 3. The monoisotopic (exact) mass is 258 g/mol. The first kappa shape index (κ1) is 13.6. The van der Waals surface area contributed by atoms with Gasteiger partial charge >= 0.3 is 5.97 Å². The van der Waals surface area contributed by atoms with Crippen LogP contribution in [0.4, 0.5) is 0 Å². The molecule has 0 amide bonds. The molecule has 0 bridgehead atoms. The Bertz CT molecular complexity index is 455. The molecule has 1 rings (SSSR count). The fourth-order valence-electron chi connectivity index (χ4n) is 1.79. The SMILES string of the molecule is COc1c(C)c(Cl)c(C)c(CCC(=O)O)c1O. The zero-order valence-electron chi connectivity index (χ0n) is 10.0. The molecule has 0 saturated carbocycles. The second-order valence-electron chi connectivity index (χ2n) is 3.82. The molecule has 0 radical (unpaired) electrons. The number of aliphatic carboxylic acids is 1. The van der Waals surface area contributed by atoms with E-state index in [0.717, 1.165) is 0 Å². The Morgan fingerprint density at radius 1 is 1.35 bits per heavy atom. The molecule has 0 heterocycles. The molecule has 0 fully saturated rings. The van der Waals surface area contributed by atoms with Crippen molar-refractivity contribution in [2.75, 3.05) is 7.11 Å². The van der Waals surface area contributed by atoms with Gasteiger partial charge in [-0.15, -0.1) is 0 Å². The van der Waals surface area contributed by atoms with Crippen LogP contribution in [0.1, 0.15) is 23.1 Å². The number of hydrogen-bond donors (Lipinski definition) is 2. The van der Waals surface area contributed by atoms with Crippen LogP contribution < -0.4 is 4.74 Å². The fourth-order valence-corrected chi connectivity index (χ4v) is 1.99. The number of carbonyl (C=O) groups is 1. The van der Waals surface area contributed by atoms with Crippen molar-refractivity contribution in [1.29, 1.82) is 0 Å². The van der Waals surface area contributed by atoms with E-state index in [9.17, 15) is 9.90 Å². The van der Waals surface area contributed by atoms with Crippen molar-refractivity contribution in [3.63, 3.8) is 0 Å². The summed E-state index contributed by atoms with van der Waals surface area (Å²) in [6, 6.07) is 0. The van der Waals surface area contributed by atoms with Gasteiger partial charge in [0, 0.05) is 17.5 Å². The van der Waals surface area contributed by atoms with Crippen LogP contribution >= 0.6 is 11.6 Å². The van der Waals surface area contributed by atoms with Crippen LogP contribution in [0.5, 0.6) is 11.5 Å². The lowest BCUT2D eigenvalue weighted by Crippen LogP contribution is -2.02. The van der Waals surface area contributed by atoms with Gasteiger partial charge in [-0.3, -0.25) is 4.79 Å². The molecule has 1 aromatic rings. The zero-order valence-corrected chi connectivity index (χ0v) is 10.8. The second kappa shape index (κ2) is 5.27. The van der Waals surface area contributed by atoms with Crippen LogP contribution in [0.3, 0.4) is 0 Å². The van der Waals surface area contributed by atoms with Gasteiger partial charge in [-0.25, -0.2) is 0 Å². The zero-order chi connectivity index (χ0) is 13.2. The van der Waals surface area contributed by atoms with Crippen molar-refractivity contribution in [2.24, 2.45) is 0 Å². The summed E-state index contributed by atoms with van der Waals surface area (Å²) in [5, 5.41) is 19.2. The Morgan fingerprint density at radius 2 is 1.94 bits per heavy atom. The van der Waals surface area contributed by atoms with Gasteiger partial charge in [-0.1, -0.05) is 11.6 Å². The average molecular weight is 259 g/mol. The Hall–Kier alpha value is -1.42. The van der Waals surface area contributed by atoms with Crippen molar-refractivity contribution in [2.45, 2.75) is 26.7 Å². The standard InChI is InChI=1S/C12H15ClO4/c1-6-8(4-5-9(14)15)11(16)12(17-3)7(2)10(6)13/h16H,4-5H2,1-3H3,(H,14,15). The van der Waals surface area contributed by atoms with Crippen LogP contribution in [0.25, 0.3) is 0 Å². The predicted molar refractivity (Wildman–Crippen MR) is 65.1 cm³/mol. The molecular formula is C12H15ClO4. The lowest BCUT2D eigenvalue weighted by atomic mass is 9.99. The molecule has 0 aromatic heterocycles. The summed E-state index contributed by atoms with van der Waals surface area (Å²) in [5.41, 5.74) is 1.88. The van der Waals surface area contributed by atoms with E-state index in [0.29, 0.717) is 27.5 Å². The van der Waals surface area contributed by atoms with Gasteiger partial charge in [-0.2, -0.15) is 0 Å². The number of halogens is 1. The van der Waals surface area contributed by atoms with Gasteiger partial charge in [0.15, 0.2) is 11.5 Å². The molecule has 0 aliphatic carbocycles. The van der Waals surface area contributed by atoms with Gasteiger partial charge in [0.2, 0.25) is 0 Å². The number of rotatable bonds is 4. The normalized spacial score (nSPS) is 10.4. The predicted octanol–water partition coefficient (Wildman–Crippen LogP) is 2.69. The highest BCUT2D eigenvalue weighted by Gasteiger charge is 2.19. The van der Waals surface area contributed by atoms with Crippen LogP contribution in [0.15, 0.2) is 0 Å². The van der Waals surface area contributed by atoms with Crippen molar-refractivity contribution in [1.82, 2.24) is 0 Å². The molecule has 0 saturated heterocycles. The maximum atomic E-state index is 10.6. The number of phenolic OH excluding ortho intramolecular Hbond substituents is 1. The third kappa shape index (κ3) is 2.64. The number of methoxy groups -OCH3 is 1. The summed E-state index contributed by atoms with van der Waals surface area (Å²) >= 11 is 6.12. The third-order valence-electron chi connectivity index (χ3n) is 2.75. The van der Waals surface area contributed by atoms with Crippen molar-refractivity contribution in [3.8, 4) is 11.5 Å². The van der Waals surface area contributed by atoms with E-state index in [2.05, 4.69) is 0 Å². The van der Waals surface area contributed by atoms with E-state index < -0.39 is 5.97 Å². The molecule has 1 aromatic carbocycles. The summed E-state index contributed by atoms with van der Waals surface area (Å²) in [5.74, 6) is -0.631. The lowest BCUT2D eigenvalue weighted by molar-refractivity contribution is -0.136. The highest BCUT2D eigenvalue weighted by molar-refractivity contribution is 6.32. The number of carboxylic acid groups (broad SMARTS) is 1. The Kier molecular flexibility index (Phi) is 4.23. The molecule has 4 nitrogen and oxygen atoms in total. The fraction of sp³-hybridized carbons (Fsp3) is 0.417. The van der Waals surface area contributed by atoms with Crippen LogP contribution in [0, 0.1) is 13.8 Å². The summed E-state index contributed by atoms with van der Waals surface area (Å²) < 4.78 is 5.08. The molecule has 17 heavy (non-hydrogen) atoms. The maximum absolute atomic E-state index is 10.6. The topological polar surface area (TPSA) is 66.8 Å². The molecule has 0 unspecified atom stereocenters. The van der Waals surface area contributed by atoms with Gasteiger partial charge in [0.1, 0.15) is 0 Å². The van der Waals surface area contributed by atoms with Crippen molar-refractivity contribution >= 4 is 17.6 Å². The Balaban J connectivity index is 3.29. The van der Waals surface area contributed by atoms with E-state index in [1.807, 2.05) is 0 Å². The number of benzene rings is 1. The minimum atomic E-state index is -0.917. The van der Waals surface area contributed by atoms with Gasteiger partial charge < -0.3 is 14.9 Å². The van der Waals surface area contributed by atoms with E-state index in [1.165, 1.54) is 7.11 Å². The first-order valence-corrected chi connectivity index (χ1v) is 5.54. The highest BCUT2D eigenvalue weighted by atomic mass is 35.5. The number of ether oxygens (including phenoxy) is 1. The summed E-state index contributed by atoms with van der Waals surface area (Å²) in [7, 11) is 1.44. The smallest absolute Gasteiger partial charge is 0.303 e. The molecule has 0 aliphatic rings. The highest BCUT2D eigenvalue weighted by Crippen LogP contribution is 2.41. The van der Waals surface area contributed by atoms with Gasteiger partial charge in [0.05, 0.1) is 12.1 Å². The van der Waals surface area contributed by atoms with Crippen LogP contribution in [0.2, 0.25) is 5.02 Å². The van der Waals surface area contributed by atoms with Crippen LogP contribution in [-0.2, 0) is 11.2 Å². The maximum Gasteiger partial charge on any atom is 0.303 e. The minimum Gasteiger partial charge on any atom is -0.504 e. The summed E-state index contributed by atoms with van der Waals surface area (Å²) in [6.45, 7) is 3.50. The first-order chi connectivity index (χ1) is 7.90. The van der Waals surface area contributed by atoms with E-state index in [-0.39, 0.29) is 18.6 Å². The molecule has 0 aliphatic heterocycles. The van der Waals surface area contributed by atoms with Crippen molar-refractivity contribution < 1.29 is 19.7 Å². The van der Waals surface area contributed by atoms with Crippen LogP contribution in [-0.4, -0.2) is 23.3 Å². The average Bonchev–Trinajstić information content (AvgIpc) is 2.26. The molecule has 94 valence electrons. The number of aromatic hydroxyl groups is 1. The molecule has 0 atom stereocenters. The lowest BCUT2D eigenvalue weighted by Gasteiger charge is -2.16. The minimum absolute atomic E-state index is 0.0202. The Morgan fingerprint density at radius 3 is 2.41 bits per heavy atom. The molecular weight excluding hydrogens is 244 g/mol. The van der Waals surface area contributed by atoms with E-state index in [4.69, 9.17) is 21.4 Å². The summed E-state index contributed by atoms with van der Waals surface area (Å²) in [4.78, 5) is 10.6. The molecule has 2 N–H and O–H groups in total. The number of carboxylic acids is 1. The van der Waals surface area contributed by atoms with E-state index >= 15 is 0 Å². The quantitative estimate of drug-likeness (QED) is 0.871.